The van der Waals surface area contributed by atoms with Gasteiger partial charge in [0, 0.05) is 18.0 Å². The Morgan fingerprint density at radius 2 is 1.97 bits per heavy atom. The molecule has 0 bridgehead atoms. The molecule has 0 radical (unpaired) electrons. The minimum absolute atomic E-state index is 0.281. The molecule has 1 amide bonds. The number of nitrogens with zero attached hydrogens (tertiary/aromatic N) is 5. The fourth-order valence-electron chi connectivity index (χ4n) is 2.74. The molecule has 156 valence electrons. The molecular weight excluding hydrogens is 416 g/mol. The number of hydrogen-bond acceptors (Lipinski definition) is 9. The first-order valence-corrected chi connectivity index (χ1v) is 10.1. The van der Waals surface area contributed by atoms with Gasteiger partial charge in [-0.2, -0.15) is 0 Å². The van der Waals surface area contributed by atoms with Crippen LogP contribution in [0.2, 0.25) is 0 Å². The molecule has 0 fully saturated rings. The molecule has 1 aromatic carbocycles. The lowest BCUT2D eigenvalue weighted by molar-refractivity contribution is 0.102. The third-order valence-corrected chi connectivity index (χ3v) is 5.14. The van der Waals surface area contributed by atoms with Crippen LogP contribution in [-0.4, -0.2) is 38.2 Å². The molecule has 4 aromatic rings. The zero-order chi connectivity index (χ0) is 21.6. The highest BCUT2D eigenvalue weighted by Gasteiger charge is 2.16. The lowest BCUT2D eigenvalue weighted by Gasteiger charge is -2.17. The van der Waals surface area contributed by atoms with E-state index in [4.69, 9.17) is 9.47 Å². The Morgan fingerprint density at radius 1 is 1.06 bits per heavy atom. The zero-order valence-electron chi connectivity index (χ0n) is 16.7. The van der Waals surface area contributed by atoms with Gasteiger partial charge in [-0.25, -0.2) is 9.97 Å². The molecule has 31 heavy (non-hydrogen) atoms. The molecule has 3 aromatic heterocycles. The molecule has 1 atom stereocenters. The van der Waals surface area contributed by atoms with E-state index in [0.29, 0.717) is 32.9 Å². The summed E-state index contributed by atoms with van der Waals surface area (Å²) in [5.41, 5.74) is 1.83. The van der Waals surface area contributed by atoms with E-state index in [0.717, 1.165) is 5.69 Å². The van der Waals surface area contributed by atoms with Crippen molar-refractivity contribution >= 4 is 22.4 Å². The minimum Gasteiger partial charge on any atom is -0.493 e. The molecular formula is C21H18N6O3S. The SMILES string of the molecule is COc1cc(C(=O)Nc2nnc(-c3ccncn3)s2)ccc1OC(C)c1ccccn1. The minimum atomic E-state index is -0.340. The van der Waals surface area contributed by atoms with Gasteiger partial charge in [-0.1, -0.05) is 17.4 Å². The molecule has 0 aliphatic carbocycles. The quantitative estimate of drug-likeness (QED) is 0.468. The van der Waals surface area contributed by atoms with Crippen LogP contribution >= 0.6 is 11.3 Å². The first-order chi connectivity index (χ1) is 15.1. The van der Waals surface area contributed by atoms with Gasteiger partial charge < -0.3 is 9.47 Å². The first-order valence-electron chi connectivity index (χ1n) is 9.31. The van der Waals surface area contributed by atoms with Crippen LogP contribution in [0.1, 0.15) is 29.1 Å². The highest BCUT2D eigenvalue weighted by Crippen LogP contribution is 2.32. The van der Waals surface area contributed by atoms with E-state index in [1.807, 2.05) is 25.1 Å². The number of pyridine rings is 1. The molecule has 4 rings (SSSR count). The Bertz CT molecular complexity index is 1170. The topological polar surface area (TPSA) is 112 Å². The van der Waals surface area contributed by atoms with E-state index in [1.165, 1.54) is 24.8 Å². The molecule has 0 saturated carbocycles. The second-order valence-corrected chi connectivity index (χ2v) is 7.32. The highest BCUT2D eigenvalue weighted by molar-refractivity contribution is 7.18. The number of nitrogens with one attached hydrogen (secondary N) is 1. The van der Waals surface area contributed by atoms with Crippen LogP contribution in [-0.2, 0) is 0 Å². The number of rotatable bonds is 7. The van der Waals surface area contributed by atoms with Crippen molar-refractivity contribution in [2.24, 2.45) is 0 Å². The maximum absolute atomic E-state index is 12.7. The van der Waals surface area contributed by atoms with Crippen LogP contribution in [0, 0.1) is 0 Å². The normalized spacial score (nSPS) is 11.5. The van der Waals surface area contributed by atoms with Gasteiger partial charge in [-0.3, -0.25) is 15.1 Å². The summed E-state index contributed by atoms with van der Waals surface area (Å²) in [7, 11) is 1.52. The Morgan fingerprint density at radius 3 is 2.71 bits per heavy atom. The molecule has 1 unspecified atom stereocenters. The summed E-state index contributed by atoms with van der Waals surface area (Å²) in [6.45, 7) is 1.90. The number of hydrogen-bond donors (Lipinski definition) is 1. The van der Waals surface area contributed by atoms with E-state index in [9.17, 15) is 4.79 Å². The Hall–Kier alpha value is -3.92. The Balaban J connectivity index is 1.47. The van der Waals surface area contributed by atoms with E-state index in [2.05, 4.69) is 30.5 Å². The predicted octanol–water partition coefficient (Wildman–Crippen LogP) is 3.79. The number of methoxy groups -OCH3 is 1. The number of aromatic nitrogens is 5. The molecule has 0 spiro atoms. The van der Waals surface area contributed by atoms with Crippen LogP contribution in [0.3, 0.4) is 0 Å². The Kier molecular flexibility index (Phi) is 6.08. The van der Waals surface area contributed by atoms with Crippen LogP contribution in [0.5, 0.6) is 11.5 Å². The smallest absolute Gasteiger partial charge is 0.257 e. The van der Waals surface area contributed by atoms with Gasteiger partial charge in [0.1, 0.15) is 18.1 Å². The third-order valence-electron chi connectivity index (χ3n) is 4.28. The van der Waals surface area contributed by atoms with Crippen molar-refractivity contribution in [1.82, 2.24) is 25.1 Å². The van der Waals surface area contributed by atoms with Crippen LogP contribution < -0.4 is 14.8 Å². The largest absolute Gasteiger partial charge is 0.493 e. The summed E-state index contributed by atoms with van der Waals surface area (Å²) in [5.74, 6) is 0.613. The van der Waals surface area contributed by atoms with Gasteiger partial charge >= 0.3 is 0 Å². The molecule has 1 N–H and O–H groups in total. The van der Waals surface area contributed by atoms with Gasteiger partial charge in [0.15, 0.2) is 16.5 Å². The number of carbonyl (C=O) groups is 1. The molecule has 3 heterocycles. The van der Waals surface area contributed by atoms with E-state index >= 15 is 0 Å². The van der Waals surface area contributed by atoms with Crippen molar-refractivity contribution in [3.8, 4) is 22.2 Å². The number of anilines is 1. The zero-order valence-corrected chi connectivity index (χ0v) is 17.5. The maximum Gasteiger partial charge on any atom is 0.257 e. The molecule has 9 nitrogen and oxygen atoms in total. The lowest BCUT2D eigenvalue weighted by atomic mass is 10.2. The Labute approximate surface area is 182 Å². The van der Waals surface area contributed by atoms with E-state index < -0.39 is 0 Å². The summed E-state index contributed by atoms with van der Waals surface area (Å²) in [6, 6.07) is 12.3. The van der Waals surface area contributed by atoms with Gasteiger partial charge in [0.05, 0.1) is 12.8 Å². The molecule has 0 aliphatic rings. The number of carbonyl (C=O) groups excluding carboxylic acids is 1. The summed E-state index contributed by atoms with van der Waals surface area (Å²) < 4.78 is 11.4. The van der Waals surface area contributed by atoms with Crippen LogP contribution in [0.25, 0.3) is 10.7 Å². The number of ether oxygens (including phenoxy) is 2. The summed E-state index contributed by atoms with van der Waals surface area (Å²) >= 11 is 1.22. The first kappa shape index (κ1) is 20.4. The molecule has 0 aliphatic heterocycles. The summed E-state index contributed by atoms with van der Waals surface area (Å²) in [5, 5.41) is 11.8. The summed E-state index contributed by atoms with van der Waals surface area (Å²) in [6.07, 6.45) is 4.48. The highest BCUT2D eigenvalue weighted by atomic mass is 32.1. The van der Waals surface area contributed by atoms with Crippen molar-refractivity contribution in [2.75, 3.05) is 12.4 Å². The monoisotopic (exact) mass is 434 g/mol. The lowest BCUT2D eigenvalue weighted by Crippen LogP contribution is -2.12. The second-order valence-electron chi connectivity index (χ2n) is 6.34. The van der Waals surface area contributed by atoms with E-state index in [-0.39, 0.29) is 12.0 Å². The van der Waals surface area contributed by atoms with Crippen LogP contribution in [0.4, 0.5) is 5.13 Å². The maximum atomic E-state index is 12.7. The average molecular weight is 434 g/mol. The van der Waals surface area contributed by atoms with Gasteiger partial charge in [0.2, 0.25) is 5.13 Å². The predicted molar refractivity (Wildman–Crippen MR) is 115 cm³/mol. The third kappa shape index (κ3) is 4.81. The number of benzene rings is 1. The van der Waals surface area contributed by atoms with Crippen molar-refractivity contribution in [3.05, 3.63) is 72.4 Å². The molecule has 10 heteroatoms. The standard InChI is InChI=1S/C21H18N6O3S/c1-13(15-5-3-4-9-23-15)30-17-7-6-14(11-18(17)29-2)19(28)25-21-27-26-20(31-21)16-8-10-22-12-24-16/h3-13H,1-2H3,(H,25,27,28). The van der Waals surface area contributed by atoms with Gasteiger partial charge in [0.25, 0.3) is 5.91 Å². The van der Waals surface area contributed by atoms with Crippen LogP contribution in [0.15, 0.2) is 61.2 Å². The van der Waals surface area contributed by atoms with Crippen molar-refractivity contribution in [2.45, 2.75) is 13.0 Å². The van der Waals surface area contributed by atoms with Gasteiger partial charge in [-0.15, -0.1) is 10.2 Å². The average Bonchev–Trinajstić information content (AvgIpc) is 3.29. The van der Waals surface area contributed by atoms with Crippen molar-refractivity contribution < 1.29 is 14.3 Å². The fraction of sp³-hybridized carbons (Fsp3) is 0.143. The summed E-state index contributed by atoms with van der Waals surface area (Å²) in [4.78, 5) is 25.0. The number of amides is 1. The van der Waals surface area contributed by atoms with Crippen molar-refractivity contribution in [3.63, 3.8) is 0 Å². The van der Waals surface area contributed by atoms with E-state index in [1.54, 1.807) is 36.7 Å². The van der Waals surface area contributed by atoms with Crippen molar-refractivity contribution in [1.29, 1.82) is 0 Å². The fourth-order valence-corrected chi connectivity index (χ4v) is 3.45. The van der Waals surface area contributed by atoms with Gasteiger partial charge in [-0.05, 0) is 43.3 Å². The molecule has 0 saturated heterocycles. The second kappa shape index (κ2) is 9.26.